The highest BCUT2D eigenvalue weighted by molar-refractivity contribution is 5.89. The van der Waals surface area contributed by atoms with Gasteiger partial charge in [-0.05, 0) is 54.9 Å². The molecule has 2 aromatic rings. The first-order valence-corrected chi connectivity index (χ1v) is 8.41. The third kappa shape index (κ3) is 4.11. The maximum Gasteiger partial charge on any atom is 0.319 e. The normalized spacial score (nSPS) is 16.0. The Morgan fingerprint density at radius 3 is 2.76 bits per heavy atom. The largest absolute Gasteiger partial charge is 0.335 e. The number of tetrazole rings is 1. The van der Waals surface area contributed by atoms with E-state index in [0.29, 0.717) is 11.5 Å². The summed E-state index contributed by atoms with van der Waals surface area (Å²) in [6, 6.07) is 4.17. The zero-order valence-electron chi connectivity index (χ0n) is 14.4. The average molecular weight is 347 g/mol. The van der Waals surface area contributed by atoms with Crippen LogP contribution in [0.4, 0.5) is 14.9 Å². The Kier molecular flexibility index (Phi) is 5.22. The fraction of sp³-hybridized carbons (Fsp3) is 0.500. The number of aryl methyl sites for hydroxylation is 1. The number of benzene rings is 1. The second kappa shape index (κ2) is 7.56. The number of anilines is 1. The van der Waals surface area contributed by atoms with E-state index in [1.54, 1.807) is 6.92 Å². The topological polar surface area (TPSA) is 88.0 Å². The van der Waals surface area contributed by atoms with E-state index >= 15 is 0 Å². The van der Waals surface area contributed by atoms with Gasteiger partial charge in [0.1, 0.15) is 11.5 Å². The lowest BCUT2D eigenvalue weighted by molar-refractivity contribution is 0.203. The summed E-state index contributed by atoms with van der Waals surface area (Å²) in [6.07, 6.45) is 1.86. The molecule has 134 valence electrons. The summed E-state index contributed by atoms with van der Waals surface area (Å²) in [5.74, 6) is -0.00326. The lowest BCUT2D eigenvalue weighted by Gasteiger charge is -2.31. The Morgan fingerprint density at radius 2 is 2.12 bits per heavy atom. The monoisotopic (exact) mass is 347 g/mol. The molecule has 0 atom stereocenters. The van der Waals surface area contributed by atoms with Gasteiger partial charge in [0.05, 0.1) is 0 Å². The Hall–Kier alpha value is -2.55. The van der Waals surface area contributed by atoms with E-state index in [1.165, 1.54) is 22.9 Å². The third-order valence-corrected chi connectivity index (χ3v) is 4.43. The fourth-order valence-corrected chi connectivity index (χ4v) is 2.95. The first kappa shape index (κ1) is 17.3. The molecule has 0 aliphatic carbocycles. The van der Waals surface area contributed by atoms with Crippen LogP contribution in [-0.2, 0) is 0 Å². The molecule has 3 rings (SSSR count). The molecule has 2 heterocycles. The van der Waals surface area contributed by atoms with Gasteiger partial charge in [-0.3, -0.25) is 0 Å². The van der Waals surface area contributed by atoms with Crippen molar-refractivity contribution >= 4 is 11.7 Å². The molecule has 25 heavy (non-hydrogen) atoms. The Bertz CT molecular complexity index is 740. The van der Waals surface area contributed by atoms with Gasteiger partial charge in [-0.15, -0.1) is 5.10 Å². The summed E-state index contributed by atoms with van der Waals surface area (Å²) >= 11 is 0. The minimum Gasteiger partial charge on any atom is -0.335 e. The predicted octanol–water partition coefficient (Wildman–Crippen LogP) is 1.72. The van der Waals surface area contributed by atoms with E-state index in [1.807, 2.05) is 0 Å². The van der Waals surface area contributed by atoms with E-state index < -0.39 is 5.82 Å². The van der Waals surface area contributed by atoms with Crippen molar-refractivity contribution in [2.75, 3.05) is 25.0 Å². The molecule has 0 bridgehead atoms. The molecule has 1 aromatic heterocycles. The molecule has 1 saturated heterocycles. The van der Waals surface area contributed by atoms with Gasteiger partial charge in [0, 0.05) is 24.8 Å². The molecule has 1 fully saturated rings. The number of piperidine rings is 1. The van der Waals surface area contributed by atoms with Gasteiger partial charge in [-0.25, -0.2) is 9.18 Å². The van der Waals surface area contributed by atoms with Crippen molar-refractivity contribution in [2.45, 2.75) is 32.7 Å². The van der Waals surface area contributed by atoms with Gasteiger partial charge < -0.3 is 15.5 Å². The molecule has 9 heteroatoms. The Balaban J connectivity index is 1.63. The van der Waals surface area contributed by atoms with Crippen molar-refractivity contribution in [1.82, 2.24) is 30.4 Å². The number of rotatable bonds is 4. The summed E-state index contributed by atoms with van der Waals surface area (Å²) in [4.78, 5) is 14.6. The van der Waals surface area contributed by atoms with Crippen molar-refractivity contribution in [3.63, 3.8) is 0 Å². The number of likely N-dealkylation sites (tertiary alicyclic amines) is 1. The van der Waals surface area contributed by atoms with Crippen LogP contribution < -0.4 is 10.6 Å². The van der Waals surface area contributed by atoms with Crippen LogP contribution in [0.2, 0.25) is 0 Å². The van der Waals surface area contributed by atoms with E-state index in [2.05, 4.69) is 38.0 Å². The zero-order valence-corrected chi connectivity index (χ0v) is 14.4. The summed E-state index contributed by atoms with van der Waals surface area (Å²) in [5.41, 5.74) is 0.673. The van der Waals surface area contributed by atoms with E-state index in [4.69, 9.17) is 0 Å². The highest BCUT2D eigenvalue weighted by Crippen LogP contribution is 2.19. The van der Waals surface area contributed by atoms with Crippen molar-refractivity contribution in [3.05, 3.63) is 29.8 Å². The van der Waals surface area contributed by atoms with Crippen LogP contribution in [0.5, 0.6) is 0 Å². The van der Waals surface area contributed by atoms with Gasteiger partial charge in [-0.1, -0.05) is 6.92 Å². The molecule has 0 saturated carbocycles. The SMILES string of the molecule is CCN1CCC(NC(=O)Nc2ccc(F)c(-n3nnnc3C)c2)CC1. The standard InChI is InChI=1S/C16H22FN7O/c1-3-23-8-6-12(7-9-23)18-16(25)19-13-4-5-14(17)15(10-13)24-11(2)20-21-22-24/h4-5,10,12H,3,6-9H2,1-2H3,(H2,18,19,25). The minimum absolute atomic E-state index is 0.157. The molecular weight excluding hydrogens is 325 g/mol. The van der Waals surface area contributed by atoms with Crippen LogP contribution >= 0.6 is 0 Å². The summed E-state index contributed by atoms with van der Waals surface area (Å²) in [7, 11) is 0. The second-order valence-corrected chi connectivity index (χ2v) is 6.11. The first-order chi connectivity index (χ1) is 12.1. The summed E-state index contributed by atoms with van der Waals surface area (Å²) in [5, 5.41) is 16.7. The van der Waals surface area contributed by atoms with Gasteiger partial charge in [0.15, 0.2) is 5.82 Å². The predicted molar refractivity (Wildman–Crippen MR) is 91.1 cm³/mol. The molecule has 0 unspecified atom stereocenters. The number of nitrogens with one attached hydrogen (secondary N) is 2. The lowest BCUT2D eigenvalue weighted by Crippen LogP contribution is -2.45. The van der Waals surface area contributed by atoms with Gasteiger partial charge in [0.2, 0.25) is 0 Å². The van der Waals surface area contributed by atoms with Gasteiger partial charge in [-0.2, -0.15) is 4.68 Å². The van der Waals surface area contributed by atoms with Crippen molar-refractivity contribution in [2.24, 2.45) is 0 Å². The highest BCUT2D eigenvalue weighted by atomic mass is 19.1. The van der Waals surface area contributed by atoms with Crippen LogP contribution in [-0.4, -0.2) is 56.8 Å². The van der Waals surface area contributed by atoms with Crippen molar-refractivity contribution < 1.29 is 9.18 Å². The lowest BCUT2D eigenvalue weighted by atomic mass is 10.1. The molecular formula is C16H22FN7O. The molecule has 2 amide bonds. The van der Waals surface area contributed by atoms with E-state index in [0.717, 1.165) is 32.5 Å². The quantitative estimate of drug-likeness (QED) is 0.879. The number of nitrogens with zero attached hydrogens (tertiary/aromatic N) is 5. The van der Waals surface area contributed by atoms with Crippen LogP contribution in [0, 0.1) is 12.7 Å². The van der Waals surface area contributed by atoms with E-state index in [-0.39, 0.29) is 17.8 Å². The van der Waals surface area contributed by atoms with Crippen LogP contribution in [0.25, 0.3) is 5.69 Å². The number of urea groups is 1. The Morgan fingerprint density at radius 1 is 1.36 bits per heavy atom. The molecule has 1 aliphatic heterocycles. The number of halogens is 1. The highest BCUT2D eigenvalue weighted by Gasteiger charge is 2.20. The third-order valence-electron chi connectivity index (χ3n) is 4.43. The van der Waals surface area contributed by atoms with Crippen LogP contribution in [0.1, 0.15) is 25.6 Å². The molecule has 0 spiro atoms. The van der Waals surface area contributed by atoms with Crippen LogP contribution in [0.3, 0.4) is 0 Å². The molecule has 1 aromatic carbocycles. The van der Waals surface area contributed by atoms with E-state index in [9.17, 15) is 9.18 Å². The van der Waals surface area contributed by atoms with Gasteiger partial charge in [0.25, 0.3) is 0 Å². The zero-order chi connectivity index (χ0) is 17.8. The second-order valence-electron chi connectivity index (χ2n) is 6.11. The number of hydrogen-bond donors (Lipinski definition) is 2. The van der Waals surface area contributed by atoms with Crippen molar-refractivity contribution in [1.29, 1.82) is 0 Å². The molecule has 8 nitrogen and oxygen atoms in total. The number of carbonyl (C=O) groups excluding carboxylic acids is 1. The number of amides is 2. The first-order valence-electron chi connectivity index (χ1n) is 8.41. The van der Waals surface area contributed by atoms with Crippen molar-refractivity contribution in [3.8, 4) is 5.69 Å². The number of aromatic nitrogens is 4. The maximum absolute atomic E-state index is 14.0. The number of carbonyl (C=O) groups is 1. The fourth-order valence-electron chi connectivity index (χ4n) is 2.95. The summed E-state index contributed by atoms with van der Waals surface area (Å²) < 4.78 is 15.3. The smallest absolute Gasteiger partial charge is 0.319 e. The molecule has 1 aliphatic rings. The number of hydrogen-bond acceptors (Lipinski definition) is 5. The molecule has 2 N–H and O–H groups in total. The average Bonchev–Trinajstić information content (AvgIpc) is 3.03. The van der Waals surface area contributed by atoms with Crippen LogP contribution in [0.15, 0.2) is 18.2 Å². The minimum atomic E-state index is -0.465. The molecule has 0 radical (unpaired) electrons. The van der Waals surface area contributed by atoms with Gasteiger partial charge >= 0.3 is 6.03 Å². The maximum atomic E-state index is 14.0. The Labute approximate surface area is 145 Å². The summed E-state index contributed by atoms with van der Waals surface area (Å²) in [6.45, 7) is 6.82.